The van der Waals surface area contributed by atoms with Crippen molar-refractivity contribution >= 4 is 0 Å². The third kappa shape index (κ3) is 3.94. The van der Waals surface area contributed by atoms with E-state index in [1.165, 1.54) is 19.3 Å². The average molecular weight is 256 g/mol. The van der Waals surface area contributed by atoms with E-state index in [4.69, 9.17) is 10.6 Å². The molecule has 18 heavy (non-hydrogen) atoms. The molecular weight excluding hydrogens is 224 g/mol. The van der Waals surface area contributed by atoms with Gasteiger partial charge in [-0.3, -0.25) is 11.3 Å². The Kier molecular flexibility index (Phi) is 6.61. The highest BCUT2D eigenvalue weighted by molar-refractivity contribution is 4.96. The van der Waals surface area contributed by atoms with E-state index in [-0.39, 0.29) is 11.6 Å². The maximum atomic E-state index is 6.20. The van der Waals surface area contributed by atoms with Gasteiger partial charge in [-0.15, -0.1) is 0 Å². The van der Waals surface area contributed by atoms with E-state index >= 15 is 0 Å². The fourth-order valence-corrected chi connectivity index (χ4v) is 3.38. The van der Waals surface area contributed by atoms with Crippen LogP contribution >= 0.6 is 0 Å². The lowest BCUT2D eigenvalue weighted by Crippen LogP contribution is -2.57. The molecular formula is C15H32N2O. The minimum atomic E-state index is -0.0371. The lowest BCUT2D eigenvalue weighted by molar-refractivity contribution is -0.104. The molecule has 0 radical (unpaired) electrons. The minimum Gasteiger partial charge on any atom is -0.374 e. The molecule has 1 fully saturated rings. The third-order valence-electron chi connectivity index (χ3n) is 4.59. The molecule has 1 aliphatic carbocycles. The standard InChI is InChI=1S/C15H32N2O/c1-5-12(3)10-14(17-16)15(18-6-2)9-7-8-13(4)11-15/h12-14,17H,5-11,16H2,1-4H3. The zero-order chi connectivity index (χ0) is 13.6. The number of hydrazine groups is 1. The molecule has 0 amide bonds. The van der Waals surface area contributed by atoms with Crippen molar-refractivity contribution in [2.75, 3.05) is 6.61 Å². The van der Waals surface area contributed by atoms with Gasteiger partial charge in [0.25, 0.3) is 0 Å². The van der Waals surface area contributed by atoms with Crippen molar-refractivity contribution in [1.82, 2.24) is 5.43 Å². The molecule has 3 N–H and O–H groups in total. The van der Waals surface area contributed by atoms with Crippen molar-refractivity contribution in [3.63, 3.8) is 0 Å². The first-order chi connectivity index (χ1) is 8.57. The smallest absolute Gasteiger partial charge is 0.0850 e. The minimum absolute atomic E-state index is 0.0371. The van der Waals surface area contributed by atoms with Gasteiger partial charge in [0.15, 0.2) is 0 Å². The highest BCUT2D eigenvalue weighted by atomic mass is 16.5. The highest BCUT2D eigenvalue weighted by Crippen LogP contribution is 2.39. The van der Waals surface area contributed by atoms with Crippen LogP contribution in [0.3, 0.4) is 0 Å². The second-order valence-electron chi connectivity index (χ2n) is 6.17. The predicted molar refractivity (Wildman–Crippen MR) is 77.2 cm³/mol. The quantitative estimate of drug-likeness (QED) is 0.543. The molecule has 1 rings (SSSR count). The number of hydrogen-bond donors (Lipinski definition) is 2. The molecule has 108 valence electrons. The van der Waals surface area contributed by atoms with Crippen LogP contribution in [0, 0.1) is 11.8 Å². The van der Waals surface area contributed by atoms with Crippen LogP contribution in [-0.2, 0) is 4.74 Å². The maximum Gasteiger partial charge on any atom is 0.0850 e. The Morgan fingerprint density at radius 3 is 2.67 bits per heavy atom. The summed E-state index contributed by atoms with van der Waals surface area (Å²) in [6, 6.07) is 0.287. The third-order valence-corrected chi connectivity index (χ3v) is 4.59. The summed E-state index contributed by atoms with van der Waals surface area (Å²) in [5.74, 6) is 7.28. The molecule has 0 aromatic rings. The van der Waals surface area contributed by atoms with Crippen LogP contribution < -0.4 is 11.3 Å². The average Bonchev–Trinajstić information content (AvgIpc) is 2.35. The summed E-state index contributed by atoms with van der Waals surface area (Å²) < 4.78 is 6.20. The molecule has 0 bridgehead atoms. The monoisotopic (exact) mass is 256 g/mol. The fraction of sp³-hybridized carbons (Fsp3) is 1.00. The van der Waals surface area contributed by atoms with Crippen molar-refractivity contribution in [2.24, 2.45) is 17.7 Å². The summed E-state index contributed by atoms with van der Waals surface area (Å²) >= 11 is 0. The van der Waals surface area contributed by atoms with Crippen LogP contribution in [0.4, 0.5) is 0 Å². The molecule has 0 spiro atoms. The molecule has 4 atom stereocenters. The van der Waals surface area contributed by atoms with Crippen LogP contribution in [0.1, 0.15) is 66.2 Å². The molecule has 0 aromatic carbocycles. The predicted octanol–water partition coefficient (Wildman–Crippen LogP) is 3.24. The van der Waals surface area contributed by atoms with Gasteiger partial charge in [-0.25, -0.2) is 0 Å². The number of nitrogens with one attached hydrogen (secondary N) is 1. The number of hydrogen-bond acceptors (Lipinski definition) is 3. The van der Waals surface area contributed by atoms with Crippen LogP contribution in [0.2, 0.25) is 0 Å². The van der Waals surface area contributed by atoms with Crippen LogP contribution in [0.5, 0.6) is 0 Å². The van der Waals surface area contributed by atoms with Gasteiger partial charge in [0.2, 0.25) is 0 Å². The summed E-state index contributed by atoms with van der Waals surface area (Å²) in [6.07, 6.45) is 7.20. The summed E-state index contributed by atoms with van der Waals surface area (Å²) in [4.78, 5) is 0. The van der Waals surface area contributed by atoms with E-state index in [1.807, 2.05) is 0 Å². The molecule has 4 unspecified atom stereocenters. The van der Waals surface area contributed by atoms with Crippen LogP contribution in [-0.4, -0.2) is 18.2 Å². The zero-order valence-electron chi connectivity index (χ0n) is 12.7. The normalized spacial score (nSPS) is 32.2. The molecule has 0 aromatic heterocycles. The number of ether oxygens (including phenoxy) is 1. The van der Waals surface area contributed by atoms with Crippen LogP contribution in [0.15, 0.2) is 0 Å². The fourth-order valence-electron chi connectivity index (χ4n) is 3.38. The zero-order valence-corrected chi connectivity index (χ0v) is 12.7. The summed E-state index contributed by atoms with van der Waals surface area (Å²) in [7, 11) is 0. The SMILES string of the molecule is CCOC1(C(CC(C)CC)NN)CCCC(C)C1. The molecule has 0 aliphatic heterocycles. The van der Waals surface area contributed by atoms with Gasteiger partial charge >= 0.3 is 0 Å². The molecule has 3 nitrogen and oxygen atoms in total. The molecule has 3 heteroatoms. The van der Waals surface area contributed by atoms with Gasteiger partial charge in [-0.1, -0.05) is 40.0 Å². The van der Waals surface area contributed by atoms with Gasteiger partial charge < -0.3 is 4.74 Å². The van der Waals surface area contributed by atoms with Crippen molar-refractivity contribution in [3.05, 3.63) is 0 Å². The molecule has 1 saturated carbocycles. The summed E-state index contributed by atoms with van der Waals surface area (Å²) in [5.41, 5.74) is 3.02. The van der Waals surface area contributed by atoms with Crippen molar-refractivity contribution < 1.29 is 4.74 Å². The molecule has 0 heterocycles. The Bertz CT molecular complexity index is 231. The first kappa shape index (κ1) is 15.9. The van der Waals surface area contributed by atoms with E-state index in [1.54, 1.807) is 0 Å². The number of nitrogens with two attached hydrogens (primary N) is 1. The molecule has 0 saturated heterocycles. The Morgan fingerprint density at radius 2 is 2.17 bits per heavy atom. The van der Waals surface area contributed by atoms with Crippen molar-refractivity contribution in [3.8, 4) is 0 Å². The maximum absolute atomic E-state index is 6.20. The van der Waals surface area contributed by atoms with Gasteiger partial charge in [-0.2, -0.15) is 0 Å². The van der Waals surface area contributed by atoms with Gasteiger partial charge in [0.05, 0.1) is 11.6 Å². The summed E-state index contributed by atoms with van der Waals surface area (Å²) in [6.45, 7) is 9.76. The van der Waals surface area contributed by atoms with E-state index < -0.39 is 0 Å². The first-order valence-electron chi connectivity index (χ1n) is 7.68. The largest absolute Gasteiger partial charge is 0.374 e. The summed E-state index contributed by atoms with van der Waals surface area (Å²) in [5, 5.41) is 0. The van der Waals surface area contributed by atoms with Gasteiger partial charge in [-0.05, 0) is 38.0 Å². The second kappa shape index (κ2) is 7.46. The Balaban J connectivity index is 2.78. The first-order valence-corrected chi connectivity index (χ1v) is 7.68. The van der Waals surface area contributed by atoms with Gasteiger partial charge in [0.1, 0.15) is 0 Å². The second-order valence-corrected chi connectivity index (χ2v) is 6.17. The highest BCUT2D eigenvalue weighted by Gasteiger charge is 2.42. The number of rotatable bonds is 7. The van der Waals surface area contributed by atoms with E-state index in [0.717, 1.165) is 31.8 Å². The lowest BCUT2D eigenvalue weighted by atomic mass is 9.72. The van der Waals surface area contributed by atoms with Crippen molar-refractivity contribution in [2.45, 2.75) is 77.9 Å². The molecule has 1 aliphatic rings. The van der Waals surface area contributed by atoms with E-state index in [0.29, 0.717) is 5.92 Å². The topological polar surface area (TPSA) is 47.3 Å². The van der Waals surface area contributed by atoms with E-state index in [2.05, 4.69) is 33.1 Å². The Morgan fingerprint density at radius 1 is 1.44 bits per heavy atom. The van der Waals surface area contributed by atoms with Crippen molar-refractivity contribution in [1.29, 1.82) is 0 Å². The Labute approximate surface area is 113 Å². The van der Waals surface area contributed by atoms with E-state index in [9.17, 15) is 0 Å². The van der Waals surface area contributed by atoms with Gasteiger partial charge in [0, 0.05) is 6.61 Å². The Hall–Kier alpha value is -0.120. The van der Waals surface area contributed by atoms with Crippen LogP contribution in [0.25, 0.3) is 0 Å². The lowest BCUT2D eigenvalue weighted by Gasteiger charge is -2.45.